The third kappa shape index (κ3) is 2.89. The normalized spacial score (nSPS) is 29.2. The molecule has 0 saturated carbocycles. The SMILES string of the molecule is C=C1CN(C(C)C)CC2(COC(=O)N2)CN1/N=C\C.[HH]. The predicted octanol–water partition coefficient (Wildman–Crippen LogP) is 1.26. The molecule has 0 radical (unpaired) electrons. The van der Waals surface area contributed by atoms with Crippen LogP contribution >= 0.6 is 0 Å². The molecular formula is C13H24N4O2. The molecule has 0 bridgehead atoms. The smallest absolute Gasteiger partial charge is 0.407 e. The molecule has 0 aromatic rings. The maximum absolute atomic E-state index is 11.4. The molecule has 1 N–H and O–H groups in total. The highest BCUT2D eigenvalue weighted by Gasteiger charge is 2.45. The molecule has 0 aromatic heterocycles. The topological polar surface area (TPSA) is 57.2 Å². The second kappa shape index (κ2) is 5.21. The van der Waals surface area contributed by atoms with Crippen molar-refractivity contribution in [3.05, 3.63) is 12.3 Å². The second-order valence-corrected chi connectivity index (χ2v) is 5.48. The van der Waals surface area contributed by atoms with Crippen molar-refractivity contribution in [3.63, 3.8) is 0 Å². The van der Waals surface area contributed by atoms with Crippen LogP contribution in [0.1, 0.15) is 22.2 Å². The molecule has 0 aromatic carbocycles. The summed E-state index contributed by atoms with van der Waals surface area (Å²) in [5.41, 5.74) is 0.526. The van der Waals surface area contributed by atoms with Crippen LogP contribution in [0.2, 0.25) is 0 Å². The Kier molecular flexibility index (Phi) is 3.80. The number of alkyl carbamates (subject to hydrolysis) is 1. The number of hydrogen-bond acceptors (Lipinski definition) is 5. The van der Waals surface area contributed by atoms with E-state index >= 15 is 0 Å². The molecule has 2 rings (SSSR count). The number of hydrogen-bond donors (Lipinski definition) is 1. The van der Waals surface area contributed by atoms with Gasteiger partial charge in [-0.1, -0.05) is 6.58 Å². The summed E-state index contributed by atoms with van der Waals surface area (Å²) >= 11 is 0. The van der Waals surface area contributed by atoms with Gasteiger partial charge in [0.1, 0.15) is 12.1 Å². The lowest BCUT2D eigenvalue weighted by Gasteiger charge is -2.32. The molecular weight excluding hydrogens is 244 g/mol. The molecule has 2 heterocycles. The number of cyclic esters (lactones) is 1. The van der Waals surface area contributed by atoms with Crippen molar-refractivity contribution in [2.24, 2.45) is 5.10 Å². The summed E-state index contributed by atoms with van der Waals surface area (Å²) in [6.07, 6.45) is 1.39. The van der Waals surface area contributed by atoms with Crippen molar-refractivity contribution < 1.29 is 11.0 Å². The standard InChI is InChI=1S/C13H22N4O2.H2/c1-5-14-17-8-13(9-19-12(18)15-13)7-16(10(2)3)6-11(17)4;/h5,10H,4,6-9H2,1-3H3,(H,15,18);1H/b14-5-;. The van der Waals surface area contributed by atoms with E-state index in [2.05, 4.69) is 35.7 Å². The van der Waals surface area contributed by atoms with Gasteiger partial charge in [0, 0.05) is 32.5 Å². The van der Waals surface area contributed by atoms with E-state index in [4.69, 9.17) is 4.74 Å². The number of hydrazone groups is 1. The van der Waals surface area contributed by atoms with E-state index < -0.39 is 5.54 Å². The Morgan fingerprint density at radius 3 is 2.84 bits per heavy atom. The Morgan fingerprint density at radius 1 is 1.58 bits per heavy atom. The van der Waals surface area contributed by atoms with Crippen molar-refractivity contribution in [2.75, 3.05) is 26.2 Å². The van der Waals surface area contributed by atoms with Gasteiger partial charge in [0.2, 0.25) is 0 Å². The average Bonchev–Trinajstić information content (AvgIpc) is 2.62. The molecule has 1 spiro atoms. The largest absolute Gasteiger partial charge is 0.447 e. The van der Waals surface area contributed by atoms with Crippen molar-refractivity contribution >= 4 is 12.3 Å². The van der Waals surface area contributed by atoms with Gasteiger partial charge in [0.15, 0.2) is 0 Å². The predicted molar refractivity (Wildman–Crippen MR) is 76.0 cm³/mol. The van der Waals surface area contributed by atoms with Crippen LogP contribution in [0.5, 0.6) is 0 Å². The van der Waals surface area contributed by atoms with Gasteiger partial charge in [-0.05, 0) is 20.8 Å². The first-order valence-electron chi connectivity index (χ1n) is 6.59. The lowest BCUT2D eigenvalue weighted by Crippen LogP contribution is -2.56. The Balaban J connectivity index is 0.00000200. The van der Waals surface area contributed by atoms with Gasteiger partial charge in [0.25, 0.3) is 0 Å². The molecule has 108 valence electrons. The zero-order chi connectivity index (χ0) is 14.0. The molecule has 19 heavy (non-hydrogen) atoms. The van der Waals surface area contributed by atoms with Gasteiger partial charge < -0.3 is 10.1 Å². The van der Waals surface area contributed by atoms with E-state index in [1.807, 2.05) is 11.9 Å². The second-order valence-electron chi connectivity index (χ2n) is 5.48. The van der Waals surface area contributed by atoms with Crippen LogP contribution < -0.4 is 5.32 Å². The van der Waals surface area contributed by atoms with Crippen molar-refractivity contribution in [2.45, 2.75) is 32.4 Å². The molecule has 2 fully saturated rings. The van der Waals surface area contributed by atoms with Crippen LogP contribution in [0.3, 0.4) is 0 Å². The fourth-order valence-corrected chi connectivity index (χ4v) is 2.50. The number of nitrogens with zero attached hydrogens (tertiary/aromatic N) is 3. The summed E-state index contributed by atoms with van der Waals surface area (Å²) in [6, 6.07) is 0.372. The first kappa shape index (κ1) is 13.9. The number of amides is 1. The molecule has 1 amide bonds. The maximum Gasteiger partial charge on any atom is 0.407 e. The summed E-state index contributed by atoms with van der Waals surface area (Å²) in [7, 11) is 0. The Hall–Kier alpha value is -1.56. The molecule has 1 atom stereocenters. The van der Waals surface area contributed by atoms with Crippen molar-refractivity contribution in [1.29, 1.82) is 0 Å². The molecule has 2 aliphatic rings. The van der Waals surface area contributed by atoms with E-state index in [0.717, 1.165) is 18.8 Å². The number of carbonyl (C=O) groups excluding carboxylic acids is 1. The summed E-state index contributed by atoms with van der Waals surface area (Å²) < 4.78 is 5.11. The third-order valence-corrected chi connectivity index (χ3v) is 3.54. The molecule has 0 aliphatic carbocycles. The number of nitrogens with one attached hydrogen (secondary N) is 1. The van der Waals surface area contributed by atoms with Crippen molar-refractivity contribution in [3.8, 4) is 0 Å². The highest BCUT2D eigenvalue weighted by Crippen LogP contribution is 2.24. The lowest BCUT2D eigenvalue weighted by atomic mass is 10.0. The van der Waals surface area contributed by atoms with E-state index in [0.29, 0.717) is 19.2 Å². The van der Waals surface area contributed by atoms with E-state index in [1.165, 1.54) is 0 Å². The monoisotopic (exact) mass is 268 g/mol. The van der Waals surface area contributed by atoms with Gasteiger partial charge in [-0.2, -0.15) is 5.10 Å². The fraction of sp³-hybridized carbons (Fsp3) is 0.692. The van der Waals surface area contributed by atoms with Crippen molar-refractivity contribution in [1.82, 2.24) is 15.2 Å². The maximum atomic E-state index is 11.4. The van der Waals surface area contributed by atoms with Gasteiger partial charge in [-0.3, -0.25) is 9.91 Å². The molecule has 2 aliphatic heterocycles. The van der Waals surface area contributed by atoms with Crippen LogP contribution in [-0.2, 0) is 4.74 Å². The summed E-state index contributed by atoms with van der Waals surface area (Å²) in [4.78, 5) is 13.7. The van der Waals surface area contributed by atoms with Gasteiger partial charge in [-0.15, -0.1) is 0 Å². The molecule has 2 saturated heterocycles. The van der Waals surface area contributed by atoms with E-state index in [9.17, 15) is 4.79 Å². The van der Waals surface area contributed by atoms with Crippen LogP contribution in [0.4, 0.5) is 4.79 Å². The Bertz CT molecular complexity index is 413. The van der Waals surface area contributed by atoms with Gasteiger partial charge >= 0.3 is 6.09 Å². The number of rotatable bonds is 2. The summed E-state index contributed by atoms with van der Waals surface area (Å²) in [5, 5.41) is 9.14. The average molecular weight is 268 g/mol. The van der Waals surface area contributed by atoms with E-state index in [1.54, 1.807) is 6.21 Å². The third-order valence-electron chi connectivity index (χ3n) is 3.54. The Labute approximate surface area is 115 Å². The molecule has 6 nitrogen and oxygen atoms in total. The van der Waals surface area contributed by atoms with Crippen LogP contribution in [0.25, 0.3) is 0 Å². The minimum Gasteiger partial charge on any atom is -0.447 e. The van der Waals surface area contributed by atoms with E-state index in [-0.39, 0.29) is 7.52 Å². The van der Waals surface area contributed by atoms with Crippen LogP contribution in [0, 0.1) is 0 Å². The zero-order valence-corrected chi connectivity index (χ0v) is 11.8. The lowest BCUT2D eigenvalue weighted by molar-refractivity contribution is 0.148. The first-order valence-corrected chi connectivity index (χ1v) is 6.59. The highest BCUT2D eigenvalue weighted by atomic mass is 16.6. The quantitative estimate of drug-likeness (QED) is 0.766. The van der Waals surface area contributed by atoms with Gasteiger partial charge in [-0.25, -0.2) is 4.79 Å². The minimum absolute atomic E-state index is 0. The minimum atomic E-state index is -0.409. The zero-order valence-electron chi connectivity index (χ0n) is 11.8. The summed E-state index contributed by atoms with van der Waals surface area (Å²) in [5.74, 6) is 0. The van der Waals surface area contributed by atoms with Crippen LogP contribution in [0.15, 0.2) is 17.4 Å². The van der Waals surface area contributed by atoms with Gasteiger partial charge in [0.05, 0.1) is 6.54 Å². The first-order chi connectivity index (χ1) is 8.96. The number of ether oxygens (including phenoxy) is 1. The highest BCUT2D eigenvalue weighted by molar-refractivity contribution is 5.71. The van der Waals surface area contributed by atoms with Crippen LogP contribution in [-0.4, -0.2) is 60.0 Å². The molecule has 1 unspecified atom stereocenters. The number of carbonyl (C=O) groups is 1. The molecule has 6 heteroatoms. The summed E-state index contributed by atoms with van der Waals surface area (Å²) in [6.45, 7) is 12.7. The fourth-order valence-electron chi connectivity index (χ4n) is 2.50. The Morgan fingerprint density at radius 2 is 2.32 bits per heavy atom.